The van der Waals surface area contributed by atoms with Crippen LogP contribution in [0, 0.1) is 20.8 Å². The molecular formula is C32H31NO. The molecule has 0 unspecified atom stereocenters. The van der Waals surface area contributed by atoms with Gasteiger partial charge in [-0.1, -0.05) is 66.7 Å². The molecule has 4 aromatic carbocycles. The normalized spacial score (nSPS) is 11.7. The Hall–Kier alpha value is -3.91. The number of nitrogens with one attached hydrogen (secondary N) is 1. The predicted molar refractivity (Wildman–Crippen MR) is 145 cm³/mol. The molecule has 0 aliphatic heterocycles. The van der Waals surface area contributed by atoms with Crippen molar-refractivity contribution in [3.05, 3.63) is 118 Å². The highest BCUT2D eigenvalue weighted by atomic mass is 16.1. The van der Waals surface area contributed by atoms with Crippen LogP contribution in [0.1, 0.15) is 34.7 Å². The molecule has 0 saturated heterocycles. The van der Waals surface area contributed by atoms with E-state index in [4.69, 9.17) is 0 Å². The van der Waals surface area contributed by atoms with Gasteiger partial charge in [-0.2, -0.15) is 0 Å². The molecule has 0 aromatic heterocycles. The van der Waals surface area contributed by atoms with E-state index >= 15 is 0 Å². The SMILES string of the molecule is CNc1ccccc1/C(=C(/C)C=O)c1cc(-c2ccc(C)c(-c3ccccc3C)c2)ccc1C. The first-order valence-electron chi connectivity index (χ1n) is 11.7. The van der Waals surface area contributed by atoms with Crippen LogP contribution in [-0.2, 0) is 4.79 Å². The Kier molecular flexibility index (Phi) is 6.79. The van der Waals surface area contributed by atoms with Gasteiger partial charge in [-0.3, -0.25) is 4.79 Å². The molecule has 0 radical (unpaired) electrons. The minimum Gasteiger partial charge on any atom is -0.388 e. The Labute approximate surface area is 203 Å². The monoisotopic (exact) mass is 445 g/mol. The molecule has 0 saturated carbocycles. The van der Waals surface area contributed by atoms with Gasteiger partial charge in [0.15, 0.2) is 0 Å². The molecule has 2 heteroatoms. The average Bonchev–Trinajstić information content (AvgIpc) is 2.86. The maximum atomic E-state index is 12.0. The molecule has 0 amide bonds. The van der Waals surface area contributed by atoms with E-state index in [1.165, 1.54) is 22.3 Å². The van der Waals surface area contributed by atoms with E-state index in [1.54, 1.807) is 0 Å². The van der Waals surface area contributed by atoms with E-state index in [2.05, 4.69) is 92.8 Å². The smallest absolute Gasteiger partial charge is 0.146 e. The summed E-state index contributed by atoms with van der Waals surface area (Å²) in [6, 6.07) is 29.9. The Morgan fingerprint density at radius 3 is 2.00 bits per heavy atom. The number of rotatable bonds is 6. The molecule has 2 nitrogen and oxygen atoms in total. The summed E-state index contributed by atoms with van der Waals surface area (Å²) in [6.45, 7) is 8.31. The molecule has 0 bridgehead atoms. The molecule has 1 N–H and O–H groups in total. The lowest BCUT2D eigenvalue weighted by Crippen LogP contribution is -2.01. The minimum absolute atomic E-state index is 0.715. The first-order valence-corrected chi connectivity index (χ1v) is 11.7. The number of aryl methyl sites for hydroxylation is 3. The third-order valence-corrected chi connectivity index (χ3v) is 6.55. The van der Waals surface area contributed by atoms with E-state index in [0.29, 0.717) is 5.57 Å². The van der Waals surface area contributed by atoms with Crippen LogP contribution >= 0.6 is 0 Å². The van der Waals surface area contributed by atoms with Crippen molar-refractivity contribution in [2.24, 2.45) is 0 Å². The van der Waals surface area contributed by atoms with Crippen molar-refractivity contribution in [2.45, 2.75) is 27.7 Å². The summed E-state index contributed by atoms with van der Waals surface area (Å²) in [4.78, 5) is 12.0. The van der Waals surface area contributed by atoms with E-state index in [-0.39, 0.29) is 0 Å². The number of anilines is 1. The third kappa shape index (κ3) is 4.45. The zero-order valence-corrected chi connectivity index (χ0v) is 20.6. The van der Waals surface area contributed by atoms with E-state index in [1.807, 2.05) is 32.2 Å². The fourth-order valence-electron chi connectivity index (χ4n) is 4.59. The summed E-state index contributed by atoms with van der Waals surface area (Å²) in [7, 11) is 1.91. The van der Waals surface area contributed by atoms with Crippen molar-refractivity contribution >= 4 is 17.5 Å². The van der Waals surface area contributed by atoms with E-state index < -0.39 is 0 Å². The molecule has 0 aliphatic carbocycles. The second-order valence-electron chi connectivity index (χ2n) is 8.85. The number of hydrogen-bond acceptors (Lipinski definition) is 2. The third-order valence-electron chi connectivity index (χ3n) is 6.55. The van der Waals surface area contributed by atoms with Gasteiger partial charge in [0, 0.05) is 18.3 Å². The summed E-state index contributed by atoms with van der Waals surface area (Å²) < 4.78 is 0. The molecule has 0 spiro atoms. The standard InChI is InChI=1S/C32H31NO/c1-21-10-6-7-11-27(21)29-18-25(16-14-22(29)2)26-17-15-23(3)30(19-26)32(24(4)20-34)28-12-8-9-13-31(28)33-5/h6-20,33H,1-5H3/b32-24+. The van der Waals surface area contributed by atoms with Crippen LogP contribution in [0.4, 0.5) is 5.69 Å². The quantitative estimate of drug-likeness (QED) is 0.240. The maximum Gasteiger partial charge on any atom is 0.146 e. The minimum atomic E-state index is 0.715. The van der Waals surface area contributed by atoms with Gasteiger partial charge in [-0.05, 0) is 102 Å². The van der Waals surface area contributed by atoms with Crippen LogP contribution in [0.2, 0.25) is 0 Å². The highest BCUT2D eigenvalue weighted by Crippen LogP contribution is 2.37. The first kappa shape index (κ1) is 23.3. The number of hydrogen-bond donors (Lipinski definition) is 1. The summed E-state index contributed by atoms with van der Waals surface area (Å²) in [5.41, 5.74) is 13.2. The van der Waals surface area contributed by atoms with Crippen LogP contribution in [-0.4, -0.2) is 13.3 Å². The predicted octanol–water partition coefficient (Wildman–Crippen LogP) is 8.01. The molecule has 0 fully saturated rings. The zero-order valence-electron chi connectivity index (χ0n) is 20.6. The van der Waals surface area contributed by atoms with Gasteiger partial charge >= 0.3 is 0 Å². The molecule has 4 aromatic rings. The summed E-state index contributed by atoms with van der Waals surface area (Å²) >= 11 is 0. The molecule has 170 valence electrons. The van der Waals surface area contributed by atoms with Gasteiger partial charge in [0.1, 0.15) is 6.29 Å². The molecule has 0 heterocycles. The van der Waals surface area contributed by atoms with Crippen molar-refractivity contribution < 1.29 is 4.79 Å². The van der Waals surface area contributed by atoms with Crippen molar-refractivity contribution in [1.29, 1.82) is 0 Å². The number of aldehydes is 1. The number of allylic oxidation sites excluding steroid dienone is 1. The molecule has 0 aliphatic rings. The fourth-order valence-corrected chi connectivity index (χ4v) is 4.59. The topological polar surface area (TPSA) is 29.1 Å². The van der Waals surface area contributed by atoms with Crippen molar-refractivity contribution in [3.8, 4) is 22.3 Å². The lowest BCUT2D eigenvalue weighted by Gasteiger charge is -2.18. The Morgan fingerprint density at radius 2 is 1.29 bits per heavy atom. The van der Waals surface area contributed by atoms with Crippen molar-refractivity contribution in [3.63, 3.8) is 0 Å². The average molecular weight is 446 g/mol. The lowest BCUT2D eigenvalue weighted by molar-refractivity contribution is -0.104. The van der Waals surface area contributed by atoms with Crippen LogP contribution in [0.15, 0.2) is 90.5 Å². The Morgan fingerprint density at radius 1 is 0.676 bits per heavy atom. The second-order valence-corrected chi connectivity index (χ2v) is 8.85. The first-order chi connectivity index (χ1) is 16.4. The molecular weight excluding hydrogens is 414 g/mol. The number of benzene rings is 4. The largest absolute Gasteiger partial charge is 0.388 e. The van der Waals surface area contributed by atoms with Gasteiger partial charge in [0.25, 0.3) is 0 Å². The van der Waals surface area contributed by atoms with Gasteiger partial charge < -0.3 is 5.32 Å². The number of carbonyl (C=O) groups excluding carboxylic acids is 1. The van der Waals surface area contributed by atoms with Crippen LogP contribution in [0.3, 0.4) is 0 Å². The summed E-state index contributed by atoms with van der Waals surface area (Å²) in [5, 5.41) is 3.28. The van der Waals surface area contributed by atoms with Gasteiger partial charge in [0.05, 0.1) is 0 Å². The zero-order chi connectivity index (χ0) is 24.2. The molecule has 0 atom stereocenters. The summed E-state index contributed by atoms with van der Waals surface area (Å²) in [5.74, 6) is 0. The van der Waals surface area contributed by atoms with Gasteiger partial charge in [-0.25, -0.2) is 0 Å². The molecule has 34 heavy (non-hydrogen) atoms. The van der Waals surface area contributed by atoms with E-state index in [0.717, 1.165) is 45.4 Å². The fraction of sp³-hybridized carbons (Fsp3) is 0.156. The Balaban J connectivity index is 1.90. The maximum absolute atomic E-state index is 12.0. The Bertz CT molecular complexity index is 1390. The summed E-state index contributed by atoms with van der Waals surface area (Å²) in [6.07, 6.45) is 0.954. The van der Waals surface area contributed by atoms with E-state index in [9.17, 15) is 4.79 Å². The van der Waals surface area contributed by atoms with Crippen LogP contribution in [0.25, 0.3) is 27.8 Å². The van der Waals surface area contributed by atoms with Gasteiger partial charge in [0.2, 0.25) is 0 Å². The second kappa shape index (κ2) is 9.93. The lowest BCUT2D eigenvalue weighted by atomic mass is 9.87. The van der Waals surface area contributed by atoms with Crippen molar-refractivity contribution in [1.82, 2.24) is 0 Å². The number of para-hydroxylation sites is 1. The van der Waals surface area contributed by atoms with Crippen molar-refractivity contribution in [2.75, 3.05) is 12.4 Å². The highest BCUT2D eigenvalue weighted by molar-refractivity contribution is 5.98. The van der Waals surface area contributed by atoms with Crippen LogP contribution < -0.4 is 5.32 Å². The highest BCUT2D eigenvalue weighted by Gasteiger charge is 2.16. The number of carbonyl (C=O) groups is 1. The molecule has 4 rings (SSSR count). The van der Waals surface area contributed by atoms with Gasteiger partial charge in [-0.15, -0.1) is 0 Å². The van der Waals surface area contributed by atoms with Crippen LogP contribution in [0.5, 0.6) is 0 Å².